The molecule has 0 N–H and O–H groups in total. The van der Waals surface area contributed by atoms with Crippen LogP contribution in [-0.2, 0) is 24.4 Å². The van der Waals surface area contributed by atoms with Crippen LogP contribution in [0.3, 0.4) is 0 Å². The van der Waals surface area contributed by atoms with E-state index in [1.165, 1.54) is 21.1 Å². The van der Waals surface area contributed by atoms with Crippen LogP contribution < -0.4 is 4.74 Å². The Bertz CT molecular complexity index is 1190. The first-order valence-corrected chi connectivity index (χ1v) is 15.0. The summed E-state index contributed by atoms with van der Waals surface area (Å²) in [4.78, 5) is 33.3. The Hall–Kier alpha value is -2.94. The minimum atomic E-state index is 0.0481. The summed E-state index contributed by atoms with van der Waals surface area (Å²) in [5, 5.41) is 6.04. The van der Waals surface area contributed by atoms with Crippen molar-refractivity contribution in [3.8, 4) is 5.75 Å². The number of carbonyl (C=O) groups is 2. The number of hydrogen-bond donors (Lipinski definition) is 0. The van der Waals surface area contributed by atoms with Crippen molar-refractivity contribution in [2.75, 3.05) is 13.7 Å². The minimum Gasteiger partial charge on any atom is -0.497 e. The van der Waals surface area contributed by atoms with Gasteiger partial charge < -0.3 is 14.5 Å². The first-order valence-electron chi connectivity index (χ1n) is 12.4. The van der Waals surface area contributed by atoms with E-state index in [1.807, 2.05) is 63.7 Å². The molecule has 0 spiro atoms. The third-order valence-electron chi connectivity index (χ3n) is 6.05. The highest BCUT2D eigenvalue weighted by molar-refractivity contribution is 7.12. The van der Waals surface area contributed by atoms with Gasteiger partial charge in [-0.15, -0.1) is 34.0 Å². The summed E-state index contributed by atoms with van der Waals surface area (Å²) < 4.78 is 5.35. The van der Waals surface area contributed by atoms with Crippen LogP contribution in [0, 0.1) is 0 Å². The molecule has 2 amide bonds. The molecule has 0 bridgehead atoms. The van der Waals surface area contributed by atoms with Gasteiger partial charge in [0.05, 0.1) is 25.1 Å². The fraction of sp³-hybridized carbons (Fsp3) is 0.310. The smallest absolute Gasteiger partial charge is 0.264 e. The average molecular weight is 553 g/mol. The quantitative estimate of drug-likeness (QED) is 0.154. The molecule has 3 aromatic heterocycles. The van der Waals surface area contributed by atoms with Crippen LogP contribution in [0.15, 0.2) is 76.8 Å². The molecule has 0 saturated heterocycles. The fourth-order valence-electron chi connectivity index (χ4n) is 4.13. The Kier molecular flexibility index (Phi) is 10.3. The highest BCUT2D eigenvalue weighted by Gasteiger charge is 2.18. The number of carbonyl (C=O) groups excluding carboxylic acids is 2. The molecule has 3 heterocycles. The molecule has 0 atom stereocenters. The Morgan fingerprint density at radius 1 is 0.757 bits per heavy atom. The predicted octanol–water partition coefficient (Wildman–Crippen LogP) is 7.31. The van der Waals surface area contributed by atoms with Crippen molar-refractivity contribution in [1.82, 2.24) is 9.80 Å². The molecule has 0 aliphatic carbocycles. The minimum absolute atomic E-state index is 0.0481. The van der Waals surface area contributed by atoms with Crippen molar-refractivity contribution in [3.63, 3.8) is 0 Å². The molecule has 0 radical (unpaired) electrons. The van der Waals surface area contributed by atoms with Gasteiger partial charge in [0.25, 0.3) is 5.91 Å². The zero-order chi connectivity index (χ0) is 25.9. The molecule has 1 aromatic carbocycles. The predicted molar refractivity (Wildman–Crippen MR) is 153 cm³/mol. The summed E-state index contributed by atoms with van der Waals surface area (Å²) in [6.45, 7) is 2.48. The van der Waals surface area contributed by atoms with Crippen molar-refractivity contribution in [3.05, 3.63) is 97.0 Å². The lowest BCUT2D eigenvalue weighted by Crippen LogP contribution is -2.31. The summed E-state index contributed by atoms with van der Waals surface area (Å²) in [6.07, 6.45) is 3.07. The second-order valence-electron chi connectivity index (χ2n) is 8.77. The standard InChI is InChI=1S/C29H32N2O3S3/c1-34-24-10-5-9-23(19-24)20-30(29(33)27-13-8-18-37-27)15-4-2-3-14-28(32)31(21-25-11-6-16-35-25)22-26-12-7-17-36-26/h5-13,16-19H,2-4,14-15,20-22H2,1H3. The van der Waals surface area contributed by atoms with Crippen molar-refractivity contribution in [2.24, 2.45) is 0 Å². The topological polar surface area (TPSA) is 49.9 Å². The van der Waals surface area contributed by atoms with Gasteiger partial charge in [-0.2, -0.15) is 0 Å². The monoisotopic (exact) mass is 552 g/mol. The Morgan fingerprint density at radius 3 is 2.08 bits per heavy atom. The number of methoxy groups -OCH3 is 1. The maximum atomic E-state index is 13.2. The van der Waals surface area contributed by atoms with E-state index in [9.17, 15) is 9.59 Å². The van der Waals surface area contributed by atoms with Crippen molar-refractivity contribution >= 4 is 45.8 Å². The molecule has 0 aliphatic heterocycles. The Labute approximate surface area is 230 Å². The lowest BCUT2D eigenvalue weighted by atomic mass is 10.1. The Morgan fingerprint density at radius 2 is 1.46 bits per heavy atom. The molecular weight excluding hydrogens is 521 g/mol. The molecule has 194 valence electrons. The maximum absolute atomic E-state index is 13.2. The first kappa shape index (κ1) is 27.1. The van der Waals surface area contributed by atoms with Crippen LogP contribution in [0.5, 0.6) is 5.75 Å². The number of rotatable bonds is 14. The third-order valence-corrected chi connectivity index (χ3v) is 8.63. The van der Waals surface area contributed by atoms with Crippen LogP contribution in [0.4, 0.5) is 0 Å². The lowest BCUT2D eigenvalue weighted by Gasteiger charge is -2.23. The van der Waals surface area contributed by atoms with Crippen LogP contribution in [0.1, 0.15) is 50.7 Å². The number of benzene rings is 1. The molecule has 5 nitrogen and oxygen atoms in total. The molecule has 0 saturated carbocycles. The van der Waals surface area contributed by atoms with E-state index < -0.39 is 0 Å². The van der Waals surface area contributed by atoms with E-state index in [-0.39, 0.29) is 11.8 Å². The van der Waals surface area contributed by atoms with E-state index in [0.717, 1.165) is 35.5 Å². The van der Waals surface area contributed by atoms with Crippen molar-refractivity contribution in [2.45, 2.75) is 45.3 Å². The highest BCUT2D eigenvalue weighted by Crippen LogP contribution is 2.21. The van der Waals surface area contributed by atoms with E-state index in [2.05, 4.69) is 22.9 Å². The number of amides is 2. The Balaban J connectivity index is 1.30. The second-order valence-corrected chi connectivity index (χ2v) is 11.8. The van der Waals surface area contributed by atoms with Gasteiger partial charge in [0.15, 0.2) is 0 Å². The number of thiophene rings is 3. The normalized spacial score (nSPS) is 10.8. The highest BCUT2D eigenvalue weighted by atomic mass is 32.1. The van der Waals surface area contributed by atoms with Gasteiger partial charge in [0, 0.05) is 29.3 Å². The average Bonchev–Trinajstić information content (AvgIpc) is 3.71. The number of nitrogens with zero attached hydrogens (tertiary/aromatic N) is 2. The first-order chi connectivity index (χ1) is 18.1. The summed E-state index contributed by atoms with van der Waals surface area (Å²) in [5.74, 6) is 1.02. The molecule has 4 rings (SSSR count). The van der Waals surface area contributed by atoms with Gasteiger partial charge in [-0.1, -0.05) is 36.8 Å². The van der Waals surface area contributed by atoms with Crippen molar-refractivity contribution < 1.29 is 14.3 Å². The summed E-state index contributed by atoms with van der Waals surface area (Å²) in [7, 11) is 1.65. The molecule has 0 unspecified atom stereocenters. The zero-order valence-corrected chi connectivity index (χ0v) is 23.5. The summed E-state index contributed by atoms with van der Waals surface area (Å²) >= 11 is 4.84. The van der Waals surface area contributed by atoms with E-state index in [0.29, 0.717) is 32.6 Å². The molecule has 37 heavy (non-hydrogen) atoms. The van der Waals surface area contributed by atoms with Gasteiger partial charge in [-0.05, 0) is 64.9 Å². The molecule has 0 fully saturated rings. The van der Waals surface area contributed by atoms with Crippen LogP contribution in [0.25, 0.3) is 0 Å². The van der Waals surface area contributed by atoms with Crippen LogP contribution >= 0.6 is 34.0 Å². The molecule has 4 aromatic rings. The van der Waals surface area contributed by atoms with E-state index >= 15 is 0 Å². The largest absolute Gasteiger partial charge is 0.497 e. The van der Waals surface area contributed by atoms with Crippen molar-refractivity contribution in [1.29, 1.82) is 0 Å². The van der Waals surface area contributed by atoms with Gasteiger partial charge >= 0.3 is 0 Å². The third kappa shape index (κ3) is 8.28. The van der Waals surface area contributed by atoms with Crippen LogP contribution in [-0.4, -0.2) is 35.3 Å². The summed E-state index contributed by atoms with van der Waals surface area (Å²) in [5.41, 5.74) is 1.04. The molecule has 8 heteroatoms. The molecular formula is C29H32N2O3S3. The lowest BCUT2D eigenvalue weighted by molar-refractivity contribution is -0.132. The van der Waals surface area contributed by atoms with Crippen LogP contribution in [0.2, 0.25) is 0 Å². The van der Waals surface area contributed by atoms with Gasteiger partial charge in [-0.3, -0.25) is 9.59 Å². The molecule has 0 aliphatic rings. The van der Waals surface area contributed by atoms with E-state index in [1.54, 1.807) is 29.8 Å². The second kappa shape index (κ2) is 14.1. The fourth-order valence-corrected chi connectivity index (χ4v) is 6.26. The number of unbranched alkanes of at least 4 members (excludes halogenated alkanes) is 2. The zero-order valence-electron chi connectivity index (χ0n) is 21.0. The number of ether oxygens (including phenoxy) is 1. The summed E-state index contributed by atoms with van der Waals surface area (Å²) in [6, 6.07) is 19.9. The van der Waals surface area contributed by atoms with Gasteiger partial charge in [0.2, 0.25) is 5.91 Å². The van der Waals surface area contributed by atoms with Gasteiger partial charge in [-0.25, -0.2) is 0 Å². The maximum Gasteiger partial charge on any atom is 0.264 e. The van der Waals surface area contributed by atoms with E-state index in [4.69, 9.17) is 4.74 Å². The van der Waals surface area contributed by atoms with Gasteiger partial charge in [0.1, 0.15) is 5.75 Å². The number of hydrogen-bond acceptors (Lipinski definition) is 6. The SMILES string of the molecule is COc1cccc(CN(CCCCCC(=O)N(Cc2cccs2)Cc2cccs2)C(=O)c2cccs2)c1.